The lowest BCUT2D eigenvalue weighted by Gasteiger charge is -2.02. The van der Waals surface area contributed by atoms with Gasteiger partial charge in [-0.3, -0.25) is 10.1 Å². The van der Waals surface area contributed by atoms with E-state index in [1.54, 1.807) is 18.2 Å². The maximum atomic E-state index is 10.9. The molecule has 0 aliphatic heterocycles. The molecule has 0 aliphatic carbocycles. The van der Waals surface area contributed by atoms with E-state index in [1.807, 2.05) is 6.92 Å². The number of nitro groups is 1. The fraction of sp³-hybridized carbons (Fsp3) is 0.333. The molecule has 100 valence electrons. The van der Waals surface area contributed by atoms with E-state index in [4.69, 9.17) is 10.3 Å². The summed E-state index contributed by atoms with van der Waals surface area (Å²) in [6, 6.07) is 6.22. The number of rotatable bonds is 5. The molecule has 1 atom stereocenters. The minimum Gasteiger partial charge on any atom is -0.339 e. The Bertz CT molecular complexity index is 582. The van der Waals surface area contributed by atoms with Gasteiger partial charge in [-0.05, 0) is 12.5 Å². The molecule has 0 bridgehead atoms. The molecule has 1 aromatic carbocycles. The van der Waals surface area contributed by atoms with E-state index < -0.39 is 4.92 Å². The number of nitrogens with zero attached hydrogens (tertiary/aromatic N) is 3. The topological polar surface area (TPSA) is 108 Å². The van der Waals surface area contributed by atoms with Gasteiger partial charge < -0.3 is 10.3 Å². The Kier molecular flexibility index (Phi) is 3.86. The third-order valence-corrected chi connectivity index (χ3v) is 2.77. The average molecular weight is 262 g/mol. The highest BCUT2D eigenvalue weighted by atomic mass is 16.6. The maximum Gasteiger partial charge on any atom is 0.280 e. The molecule has 0 amide bonds. The van der Waals surface area contributed by atoms with Crippen molar-refractivity contribution in [3.63, 3.8) is 0 Å². The number of para-hydroxylation sites is 1. The lowest BCUT2D eigenvalue weighted by Crippen LogP contribution is -2.21. The van der Waals surface area contributed by atoms with Crippen LogP contribution in [0.4, 0.5) is 5.69 Å². The first-order valence-corrected chi connectivity index (χ1v) is 5.93. The molecule has 19 heavy (non-hydrogen) atoms. The van der Waals surface area contributed by atoms with Crippen LogP contribution >= 0.6 is 0 Å². The van der Waals surface area contributed by atoms with Crippen molar-refractivity contribution in [1.29, 1.82) is 0 Å². The van der Waals surface area contributed by atoms with Crippen molar-refractivity contribution in [2.75, 3.05) is 0 Å². The van der Waals surface area contributed by atoms with Crippen LogP contribution < -0.4 is 5.73 Å². The summed E-state index contributed by atoms with van der Waals surface area (Å²) in [5, 5.41) is 14.7. The Hall–Kier alpha value is -2.28. The number of hydrogen-bond acceptors (Lipinski definition) is 6. The molecular formula is C12H14N4O3. The zero-order chi connectivity index (χ0) is 13.8. The summed E-state index contributed by atoms with van der Waals surface area (Å²) in [5.74, 6) is 0.605. The Labute approximate surface area is 109 Å². The summed E-state index contributed by atoms with van der Waals surface area (Å²) in [5.41, 5.74) is 6.09. The second-order valence-corrected chi connectivity index (χ2v) is 4.16. The lowest BCUT2D eigenvalue weighted by molar-refractivity contribution is -0.384. The van der Waals surface area contributed by atoms with E-state index in [-0.39, 0.29) is 17.6 Å². The van der Waals surface area contributed by atoms with Gasteiger partial charge in [-0.2, -0.15) is 4.98 Å². The smallest absolute Gasteiger partial charge is 0.280 e. The molecule has 0 spiro atoms. The van der Waals surface area contributed by atoms with Crippen molar-refractivity contribution in [1.82, 2.24) is 10.1 Å². The predicted octanol–water partition coefficient (Wildman–Crippen LogP) is 1.92. The van der Waals surface area contributed by atoms with Gasteiger partial charge in [0.25, 0.3) is 5.69 Å². The van der Waals surface area contributed by atoms with E-state index >= 15 is 0 Å². The van der Waals surface area contributed by atoms with E-state index in [1.165, 1.54) is 6.07 Å². The van der Waals surface area contributed by atoms with Crippen molar-refractivity contribution in [3.8, 4) is 11.4 Å². The second kappa shape index (κ2) is 5.57. The number of benzene rings is 1. The molecule has 2 aromatic rings. The summed E-state index contributed by atoms with van der Waals surface area (Å²) in [7, 11) is 0. The van der Waals surface area contributed by atoms with Crippen LogP contribution in [-0.2, 0) is 6.42 Å². The second-order valence-electron chi connectivity index (χ2n) is 4.16. The monoisotopic (exact) mass is 262 g/mol. The van der Waals surface area contributed by atoms with E-state index in [9.17, 15) is 10.1 Å². The molecule has 1 heterocycles. The van der Waals surface area contributed by atoms with Gasteiger partial charge in [0.15, 0.2) is 0 Å². The van der Waals surface area contributed by atoms with Gasteiger partial charge in [-0.1, -0.05) is 24.2 Å². The van der Waals surface area contributed by atoms with E-state index in [2.05, 4.69) is 10.1 Å². The Morgan fingerprint density at radius 3 is 2.89 bits per heavy atom. The van der Waals surface area contributed by atoms with Gasteiger partial charge >= 0.3 is 0 Å². The minimum absolute atomic E-state index is 0.0466. The quantitative estimate of drug-likeness (QED) is 0.651. The van der Waals surface area contributed by atoms with Gasteiger partial charge in [-0.25, -0.2) is 0 Å². The SMILES string of the molecule is CCC(N)Cc1nc(-c2ccccc2[N+](=O)[O-])no1. The normalized spacial score (nSPS) is 12.3. The molecule has 2 N–H and O–H groups in total. The van der Waals surface area contributed by atoms with Gasteiger partial charge in [0.2, 0.25) is 11.7 Å². The molecule has 7 heteroatoms. The molecule has 0 saturated carbocycles. The average Bonchev–Trinajstić information content (AvgIpc) is 2.86. The third kappa shape index (κ3) is 2.94. The van der Waals surface area contributed by atoms with Crippen LogP contribution in [0.3, 0.4) is 0 Å². The van der Waals surface area contributed by atoms with Crippen molar-refractivity contribution in [2.24, 2.45) is 5.73 Å². The number of nitro benzene ring substituents is 1. The third-order valence-electron chi connectivity index (χ3n) is 2.77. The number of nitrogens with two attached hydrogens (primary N) is 1. The Morgan fingerprint density at radius 2 is 2.21 bits per heavy atom. The maximum absolute atomic E-state index is 10.9. The summed E-state index contributed by atoms with van der Waals surface area (Å²) >= 11 is 0. The summed E-state index contributed by atoms with van der Waals surface area (Å²) < 4.78 is 5.06. The van der Waals surface area contributed by atoms with Crippen molar-refractivity contribution < 1.29 is 9.45 Å². The van der Waals surface area contributed by atoms with Gasteiger partial charge in [0, 0.05) is 18.5 Å². The van der Waals surface area contributed by atoms with Crippen LogP contribution in [0.2, 0.25) is 0 Å². The molecule has 0 saturated heterocycles. The summed E-state index contributed by atoms with van der Waals surface area (Å²) in [6.45, 7) is 1.96. The van der Waals surface area contributed by atoms with Crippen LogP contribution in [-0.4, -0.2) is 21.1 Å². The highest BCUT2D eigenvalue weighted by Gasteiger charge is 2.19. The Morgan fingerprint density at radius 1 is 1.47 bits per heavy atom. The molecule has 7 nitrogen and oxygen atoms in total. The number of aromatic nitrogens is 2. The fourth-order valence-corrected chi connectivity index (χ4v) is 1.64. The van der Waals surface area contributed by atoms with Crippen molar-refractivity contribution >= 4 is 5.69 Å². The first-order chi connectivity index (χ1) is 9.11. The number of hydrogen-bond donors (Lipinski definition) is 1. The highest BCUT2D eigenvalue weighted by molar-refractivity contribution is 5.67. The van der Waals surface area contributed by atoms with Crippen LogP contribution in [0.1, 0.15) is 19.2 Å². The Balaban J connectivity index is 2.30. The van der Waals surface area contributed by atoms with Crippen molar-refractivity contribution in [3.05, 3.63) is 40.3 Å². The first kappa shape index (κ1) is 13.2. The molecule has 0 aliphatic rings. The van der Waals surface area contributed by atoms with Gasteiger partial charge in [0.1, 0.15) is 5.56 Å². The zero-order valence-corrected chi connectivity index (χ0v) is 10.4. The minimum atomic E-state index is -0.469. The molecule has 1 aromatic heterocycles. The summed E-state index contributed by atoms with van der Waals surface area (Å²) in [6.07, 6.45) is 1.26. The molecule has 2 rings (SSSR count). The van der Waals surface area contributed by atoms with Gasteiger partial charge in [0.05, 0.1) is 4.92 Å². The highest BCUT2D eigenvalue weighted by Crippen LogP contribution is 2.27. The van der Waals surface area contributed by atoms with Gasteiger partial charge in [-0.15, -0.1) is 0 Å². The lowest BCUT2D eigenvalue weighted by atomic mass is 10.1. The standard InChI is InChI=1S/C12H14N4O3/c1-2-8(13)7-11-14-12(15-19-11)9-5-3-4-6-10(9)16(17)18/h3-6,8H,2,7,13H2,1H3. The van der Waals surface area contributed by atoms with E-state index in [0.29, 0.717) is 17.9 Å². The fourth-order valence-electron chi connectivity index (χ4n) is 1.64. The van der Waals surface area contributed by atoms with Crippen LogP contribution in [0, 0.1) is 10.1 Å². The zero-order valence-electron chi connectivity index (χ0n) is 10.4. The summed E-state index contributed by atoms with van der Waals surface area (Å²) in [4.78, 5) is 14.6. The first-order valence-electron chi connectivity index (χ1n) is 5.93. The van der Waals surface area contributed by atoms with E-state index in [0.717, 1.165) is 6.42 Å². The predicted molar refractivity (Wildman–Crippen MR) is 68.4 cm³/mol. The van der Waals surface area contributed by atoms with Crippen LogP contribution in [0.5, 0.6) is 0 Å². The molecule has 0 radical (unpaired) electrons. The molecular weight excluding hydrogens is 248 g/mol. The van der Waals surface area contributed by atoms with Crippen molar-refractivity contribution in [2.45, 2.75) is 25.8 Å². The van der Waals surface area contributed by atoms with Crippen LogP contribution in [0.25, 0.3) is 11.4 Å². The molecule has 0 fully saturated rings. The molecule has 1 unspecified atom stereocenters. The van der Waals surface area contributed by atoms with Crippen LogP contribution in [0.15, 0.2) is 28.8 Å². The largest absolute Gasteiger partial charge is 0.339 e.